The molecule has 0 saturated carbocycles. The predicted molar refractivity (Wildman–Crippen MR) is 159 cm³/mol. The quantitative estimate of drug-likeness (QED) is 0.476. The average Bonchev–Trinajstić information content (AvgIpc) is 2.88. The summed E-state index contributed by atoms with van der Waals surface area (Å²) in [6.45, 7) is 13.1. The van der Waals surface area contributed by atoms with Crippen molar-refractivity contribution in [2.24, 2.45) is 0 Å². The molecule has 1 aromatic heterocycles. The number of carbonyl (C=O) groups excluding carboxylic acids is 1. The molecular weight excluding hydrogens is 602 g/mol. The van der Waals surface area contributed by atoms with Gasteiger partial charge in [-0.3, -0.25) is 4.57 Å². The first kappa shape index (κ1) is 29.4. The molecule has 1 amide bonds. The second kappa shape index (κ2) is 11.3. The van der Waals surface area contributed by atoms with Crippen molar-refractivity contribution in [3.63, 3.8) is 0 Å². The number of amides is 1. The number of hydrogen-bond acceptors (Lipinski definition) is 8. The van der Waals surface area contributed by atoms with Crippen LogP contribution in [0.25, 0.3) is 10.9 Å². The topological polar surface area (TPSA) is 89.4 Å². The molecule has 1 aromatic carbocycles. The fourth-order valence-electron chi connectivity index (χ4n) is 5.76. The van der Waals surface area contributed by atoms with Crippen LogP contribution in [0.2, 0.25) is 5.02 Å². The van der Waals surface area contributed by atoms with Gasteiger partial charge in [0, 0.05) is 43.6 Å². The van der Waals surface area contributed by atoms with Gasteiger partial charge in [-0.05, 0) is 76.5 Å². The Morgan fingerprint density at radius 1 is 1.20 bits per heavy atom. The minimum Gasteiger partial charge on any atom is -0.488 e. The van der Waals surface area contributed by atoms with E-state index in [1.54, 1.807) is 9.47 Å². The normalized spacial score (nSPS) is 24.4. The second-order valence-electron chi connectivity index (χ2n) is 12.3. The number of halogens is 2. The molecule has 10 nitrogen and oxygen atoms in total. The average molecular weight is 641 g/mol. The van der Waals surface area contributed by atoms with E-state index in [2.05, 4.69) is 37.8 Å². The molecule has 2 saturated heterocycles. The first-order chi connectivity index (χ1) is 18.8. The van der Waals surface area contributed by atoms with Crippen LogP contribution in [-0.2, 0) is 9.47 Å². The summed E-state index contributed by atoms with van der Waals surface area (Å²) in [5, 5.41) is 1.21. The number of rotatable bonds is 4. The third-order valence-electron chi connectivity index (χ3n) is 7.90. The number of aromatic nitrogens is 2. The first-order valence-corrected chi connectivity index (χ1v) is 15.1. The number of likely N-dealkylation sites (tertiary alicyclic amines) is 1. The van der Waals surface area contributed by atoms with E-state index in [-0.39, 0.29) is 42.6 Å². The van der Waals surface area contributed by atoms with E-state index in [9.17, 15) is 9.59 Å². The van der Waals surface area contributed by atoms with Crippen molar-refractivity contribution in [3.8, 4) is 5.75 Å². The minimum absolute atomic E-state index is 0.118. The maximum atomic E-state index is 13.7. The third kappa shape index (κ3) is 5.80. The Balaban J connectivity index is 1.48. The monoisotopic (exact) mass is 639 g/mol. The lowest BCUT2D eigenvalue weighted by molar-refractivity contribution is -0.0113. The standard InChI is InChI=1S/C28H39BrClN5O5/c1-16-13-34(27(37)40-28(3,4)5)17(2)12-33(16)25-20-11-21(30)22(29)24-23(20)35(26(36)31-25)18(15-39-24)14-38-19-7-9-32(6)10-8-19/h11,16-19H,7-10,12-15H2,1-6H3/t16-,17-,18-/m0/s1. The van der Waals surface area contributed by atoms with Gasteiger partial charge in [0.05, 0.1) is 28.2 Å². The van der Waals surface area contributed by atoms with Gasteiger partial charge in [-0.25, -0.2) is 9.59 Å². The summed E-state index contributed by atoms with van der Waals surface area (Å²) in [7, 11) is 2.12. The van der Waals surface area contributed by atoms with Crippen molar-refractivity contribution in [2.45, 2.75) is 77.3 Å². The molecule has 2 fully saturated rings. The fourth-order valence-corrected chi connectivity index (χ4v) is 6.38. The molecule has 0 bridgehead atoms. The maximum Gasteiger partial charge on any atom is 0.410 e. The summed E-state index contributed by atoms with van der Waals surface area (Å²) in [6.07, 6.45) is 1.75. The number of piperidine rings is 1. The smallest absolute Gasteiger partial charge is 0.410 e. The van der Waals surface area contributed by atoms with Crippen LogP contribution in [0.4, 0.5) is 10.6 Å². The van der Waals surface area contributed by atoms with Gasteiger partial charge >= 0.3 is 11.8 Å². The number of hydrogen-bond donors (Lipinski definition) is 0. The number of carbonyl (C=O) groups is 1. The third-order valence-corrected chi connectivity index (χ3v) is 9.21. The fraction of sp³-hybridized carbons (Fsp3) is 0.679. The van der Waals surface area contributed by atoms with Crippen LogP contribution in [0.5, 0.6) is 5.75 Å². The van der Waals surface area contributed by atoms with Crippen LogP contribution in [-0.4, -0.2) is 95.7 Å². The van der Waals surface area contributed by atoms with Crippen LogP contribution in [0.1, 0.15) is 53.5 Å². The minimum atomic E-state index is -0.582. The maximum absolute atomic E-state index is 13.7. The molecule has 3 aliphatic heterocycles. The van der Waals surface area contributed by atoms with E-state index in [1.165, 1.54) is 0 Å². The summed E-state index contributed by atoms with van der Waals surface area (Å²) >= 11 is 10.2. The van der Waals surface area contributed by atoms with Gasteiger partial charge in [-0.1, -0.05) is 11.6 Å². The molecular formula is C28H39BrClN5O5. The Morgan fingerprint density at radius 3 is 2.58 bits per heavy atom. The van der Waals surface area contributed by atoms with Gasteiger partial charge in [-0.2, -0.15) is 4.98 Å². The Bertz CT molecular complexity index is 1340. The summed E-state index contributed by atoms with van der Waals surface area (Å²) < 4.78 is 20.5. The van der Waals surface area contributed by atoms with Crippen LogP contribution in [0.15, 0.2) is 15.3 Å². The molecule has 4 heterocycles. The molecule has 0 unspecified atom stereocenters. The van der Waals surface area contributed by atoms with Gasteiger partial charge in [0.15, 0.2) is 5.75 Å². The second-order valence-corrected chi connectivity index (χ2v) is 13.5. The van der Waals surface area contributed by atoms with Gasteiger partial charge in [0.1, 0.15) is 23.5 Å². The molecule has 0 aliphatic carbocycles. The van der Waals surface area contributed by atoms with Gasteiger partial charge < -0.3 is 28.9 Å². The van der Waals surface area contributed by atoms with E-state index in [4.69, 9.17) is 25.8 Å². The number of ether oxygens (including phenoxy) is 3. The Labute approximate surface area is 248 Å². The van der Waals surface area contributed by atoms with Gasteiger partial charge in [0.2, 0.25) is 0 Å². The number of nitrogens with zero attached hydrogens (tertiary/aromatic N) is 5. The van der Waals surface area contributed by atoms with Crippen LogP contribution in [0.3, 0.4) is 0 Å². The predicted octanol–water partition coefficient (Wildman–Crippen LogP) is 4.69. The molecule has 0 spiro atoms. The summed E-state index contributed by atoms with van der Waals surface area (Å²) in [6, 6.07) is 1.25. The zero-order valence-corrected chi connectivity index (χ0v) is 26.4. The molecule has 40 heavy (non-hydrogen) atoms. The number of benzene rings is 1. The Morgan fingerprint density at radius 2 is 1.90 bits per heavy atom. The van der Waals surface area contributed by atoms with Crippen molar-refractivity contribution in [1.29, 1.82) is 0 Å². The molecule has 12 heteroatoms. The lowest BCUT2D eigenvalue weighted by Gasteiger charge is -2.45. The largest absolute Gasteiger partial charge is 0.488 e. The molecule has 5 rings (SSSR count). The van der Waals surface area contributed by atoms with Gasteiger partial charge in [-0.15, -0.1) is 0 Å². The first-order valence-electron chi connectivity index (χ1n) is 14.0. The Hall–Kier alpha value is -2.08. The van der Waals surface area contributed by atoms with Crippen molar-refractivity contribution < 1.29 is 19.0 Å². The van der Waals surface area contributed by atoms with Gasteiger partial charge in [0.25, 0.3) is 0 Å². The molecule has 3 atom stereocenters. The number of piperazine rings is 1. The zero-order valence-electron chi connectivity index (χ0n) is 24.1. The SMILES string of the molecule is C[C@H]1CN(c2nc(=O)n3c4c(c(Br)c(Cl)cc24)OC[C@@H]3COC2CCN(C)CC2)[C@@H](C)CN1C(=O)OC(C)(C)C. The molecule has 0 N–H and O–H groups in total. The molecule has 2 aromatic rings. The highest BCUT2D eigenvalue weighted by Crippen LogP contribution is 2.44. The Kier molecular flexibility index (Phi) is 8.31. The van der Waals surface area contributed by atoms with Crippen LogP contribution >= 0.6 is 27.5 Å². The summed E-state index contributed by atoms with van der Waals surface area (Å²) in [5.74, 6) is 1.07. The lowest BCUT2D eigenvalue weighted by atomic mass is 10.1. The van der Waals surface area contributed by atoms with Crippen LogP contribution in [0, 0.1) is 0 Å². The van der Waals surface area contributed by atoms with E-state index in [1.807, 2.05) is 40.7 Å². The van der Waals surface area contributed by atoms with E-state index < -0.39 is 5.60 Å². The van der Waals surface area contributed by atoms with Crippen molar-refractivity contribution in [1.82, 2.24) is 19.4 Å². The van der Waals surface area contributed by atoms with Crippen LogP contribution < -0.4 is 15.3 Å². The van der Waals surface area contributed by atoms with E-state index in [0.29, 0.717) is 46.3 Å². The summed E-state index contributed by atoms with van der Waals surface area (Å²) in [5.41, 5.74) is -0.280. The van der Waals surface area contributed by atoms with E-state index >= 15 is 0 Å². The highest BCUT2D eigenvalue weighted by Gasteiger charge is 2.37. The highest BCUT2D eigenvalue weighted by atomic mass is 79.9. The molecule has 0 radical (unpaired) electrons. The van der Waals surface area contributed by atoms with Crippen molar-refractivity contribution in [2.75, 3.05) is 51.3 Å². The lowest BCUT2D eigenvalue weighted by Crippen LogP contribution is -2.59. The molecule has 220 valence electrons. The highest BCUT2D eigenvalue weighted by molar-refractivity contribution is 9.10. The zero-order chi connectivity index (χ0) is 28.9. The van der Waals surface area contributed by atoms with Crippen molar-refractivity contribution in [3.05, 3.63) is 26.0 Å². The van der Waals surface area contributed by atoms with E-state index in [0.717, 1.165) is 31.3 Å². The van der Waals surface area contributed by atoms with Crippen molar-refractivity contribution >= 4 is 50.3 Å². The number of anilines is 1. The molecule has 3 aliphatic rings. The summed E-state index contributed by atoms with van der Waals surface area (Å²) in [4.78, 5) is 37.3.